The maximum absolute atomic E-state index is 11.7. The quantitative estimate of drug-likeness (QED) is 0.491. The minimum Gasteiger partial charge on any atom is -0.452 e. The summed E-state index contributed by atoms with van der Waals surface area (Å²) in [4.78, 5) is 23.0. The summed E-state index contributed by atoms with van der Waals surface area (Å²) in [6, 6.07) is 3.75. The highest BCUT2D eigenvalue weighted by Crippen LogP contribution is 2.21. The van der Waals surface area contributed by atoms with E-state index >= 15 is 0 Å². The van der Waals surface area contributed by atoms with E-state index in [-0.39, 0.29) is 13.2 Å². The molecule has 2 rings (SSSR count). The number of carbonyl (C=O) groups excluding carboxylic acids is 2. The second-order valence-corrected chi connectivity index (χ2v) is 5.38. The SMILES string of the molecule is C#CCNC(=O)COC(=O)C=Cc1cc(C)n(-c2cc(C)on2)c1C. The summed E-state index contributed by atoms with van der Waals surface area (Å²) in [6.07, 6.45) is 7.93. The zero-order valence-electron chi connectivity index (χ0n) is 14.3. The van der Waals surface area contributed by atoms with Crippen LogP contribution in [0.4, 0.5) is 0 Å². The first-order valence-corrected chi connectivity index (χ1v) is 7.60. The van der Waals surface area contributed by atoms with Crippen molar-refractivity contribution in [1.82, 2.24) is 15.0 Å². The molecule has 0 bridgehead atoms. The van der Waals surface area contributed by atoms with Gasteiger partial charge in [-0.2, -0.15) is 0 Å². The second-order valence-electron chi connectivity index (χ2n) is 5.38. The summed E-state index contributed by atoms with van der Waals surface area (Å²) < 4.78 is 11.9. The Morgan fingerprint density at radius 1 is 1.40 bits per heavy atom. The first-order valence-electron chi connectivity index (χ1n) is 7.60. The molecule has 0 saturated heterocycles. The number of nitrogens with one attached hydrogen (secondary N) is 1. The average molecular weight is 341 g/mol. The summed E-state index contributed by atoms with van der Waals surface area (Å²) in [7, 11) is 0. The first-order chi connectivity index (χ1) is 11.9. The Balaban J connectivity index is 2.03. The number of hydrogen-bond donors (Lipinski definition) is 1. The van der Waals surface area contributed by atoms with Crippen LogP contribution in [-0.2, 0) is 14.3 Å². The predicted octanol–water partition coefficient (Wildman–Crippen LogP) is 1.70. The molecule has 130 valence electrons. The van der Waals surface area contributed by atoms with Gasteiger partial charge in [-0.05, 0) is 38.5 Å². The van der Waals surface area contributed by atoms with Crippen LogP contribution in [0.15, 0.2) is 22.7 Å². The second kappa shape index (κ2) is 8.02. The van der Waals surface area contributed by atoms with Gasteiger partial charge in [0.2, 0.25) is 0 Å². The van der Waals surface area contributed by atoms with Gasteiger partial charge in [0, 0.05) is 23.5 Å². The minimum absolute atomic E-state index is 0.0970. The third kappa shape index (κ3) is 4.61. The number of aryl methyl sites for hydroxylation is 2. The largest absolute Gasteiger partial charge is 0.452 e. The number of esters is 1. The van der Waals surface area contributed by atoms with E-state index in [2.05, 4.69) is 16.4 Å². The topological polar surface area (TPSA) is 86.4 Å². The van der Waals surface area contributed by atoms with Gasteiger partial charge in [-0.1, -0.05) is 11.1 Å². The van der Waals surface area contributed by atoms with Crippen molar-refractivity contribution >= 4 is 18.0 Å². The Morgan fingerprint density at radius 2 is 2.16 bits per heavy atom. The molecule has 1 N–H and O–H groups in total. The van der Waals surface area contributed by atoms with Gasteiger partial charge < -0.3 is 14.6 Å². The number of hydrogen-bond acceptors (Lipinski definition) is 5. The molecule has 0 radical (unpaired) electrons. The standard InChI is InChI=1S/C18H19N3O4/c1-5-8-19-17(22)11-24-18(23)7-6-15-9-12(2)21(14(15)4)16-10-13(3)25-20-16/h1,6-7,9-10H,8,11H2,2-4H3,(H,19,22). The molecule has 0 unspecified atom stereocenters. The summed E-state index contributed by atoms with van der Waals surface area (Å²) >= 11 is 0. The molecule has 0 aliphatic carbocycles. The van der Waals surface area contributed by atoms with Crippen LogP contribution in [0.5, 0.6) is 0 Å². The van der Waals surface area contributed by atoms with Crippen molar-refractivity contribution in [2.24, 2.45) is 0 Å². The molecule has 0 spiro atoms. The minimum atomic E-state index is -0.613. The summed E-state index contributed by atoms with van der Waals surface area (Å²) in [6.45, 7) is 5.39. The highest BCUT2D eigenvalue weighted by molar-refractivity contribution is 5.89. The van der Waals surface area contributed by atoms with E-state index in [1.54, 1.807) is 6.08 Å². The van der Waals surface area contributed by atoms with E-state index in [0.29, 0.717) is 11.6 Å². The first kappa shape index (κ1) is 18.1. The van der Waals surface area contributed by atoms with Crippen molar-refractivity contribution < 1.29 is 18.8 Å². The summed E-state index contributed by atoms with van der Waals surface area (Å²) in [5.74, 6) is 2.60. The van der Waals surface area contributed by atoms with Crippen molar-refractivity contribution in [3.8, 4) is 18.2 Å². The van der Waals surface area contributed by atoms with Gasteiger partial charge in [0.25, 0.3) is 5.91 Å². The van der Waals surface area contributed by atoms with E-state index in [9.17, 15) is 9.59 Å². The lowest BCUT2D eigenvalue weighted by Gasteiger charge is -2.04. The molecular formula is C18H19N3O4. The van der Waals surface area contributed by atoms with E-state index < -0.39 is 11.9 Å². The molecule has 0 aliphatic rings. The van der Waals surface area contributed by atoms with Crippen LogP contribution in [-0.4, -0.2) is 34.8 Å². The van der Waals surface area contributed by atoms with Gasteiger partial charge in [0.15, 0.2) is 12.4 Å². The molecule has 0 aliphatic heterocycles. The molecule has 25 heavy (non-hydrogen) atoms. The lowest BCUT2D eigenvalue weighted by Crippen LogP contribution is -2.28. The smallest absolute Gasteiger partial charge is 0.331 e. The third-order valence-corrected chi connectivity index (χ3v) is 3.45. The molecule has 7 nitrogen and oxygen atoms in total. The van der Waals surface area contributed by atoms with Crippen LogP contribution in [0.2, 0.25) is 0 Å². The van der Waals surface area contributed by atoms with Crippen LogP contribution >= 0.6 is 0 Å². The summed E-state index contributed by atoms with van der Waals surface area (Å²) in [5, 5.41) is 6.41. The number of ether oxygens (including phenoxy) is 1. The van der Waals surface area contributed by atoms with Crippen LogP contribution in [0.3, 0.4) is 0 Å². The lowest BCUT2D eigenvalue weighted by atomic mass is 10.2. The van der Waals surface area contributed by atoms with E-state index in [4.69, 9.17) is 15.7 Å². The van der Waals surface area contributed by atoms with Crippen molar-refractivity contribution in [2.75, 3.05) is 13.2 Å². The molecule has 2 aromatic rings. The number of rotatable bonds is 6. The lowest BCUT2D eigenvalue weighted by molar-refractivity contribution is -0.143. The van der Waals surface area contributed by atoms with Gasteiger partial charge >= 0.3 is 5.97 Å². The fourth-order valence-corrected chi connectivity index (χ4v) is 2.31. The zero-order valence-corrected chi connectivity index (χ0v) is 14.3. The Bertz CT molecular complexity index is 852. The monoisotopic (exact) mass is 341 g/mol. The third-order valence-electron chi connectivity index (χ3n) is 3.45. The van der Waals surface area contributed by atoms with E-state index in [0.717, 1.165) is 17.0 Å². The zero-order chi connectivity index (χ0) is 18.4. The number of carbonyl (C=O) groups is 2. The number of aromatic nitrogens is 2. The maximum atomic E-state index is 11.7. The van der Waals surface area contributed by atoms with Crippen LogP contribution < -0.4 is 5.32 Å². The number of nitrogens with zero attached hydrogens (tertiary/aromatic N) is 2. The highest BCUT2D eigenvalue weighted by atomic mass is 16.5. The van der Waals surface area contributed by atoms with Crippen LogP contribution in [0, 0.1) is 33.1 Å². The number of amides is 1. The molecule has 2 aromatic heterocycles. The normalized spacial score (nSPS) is 10.6. The molecule has 0 aromatic carbocycles. The predicted molar refractivity (Wildman–Crippen MR) is 91.9 cm³/mol. The fourth-order valence-electron chi connectivity index (χ4n) is 2.31. The van der Waals surface area contributed by atoms with Crippen molar-refractivity contribution in [3.63, 3.8) is 0 Å². The van der Waals surface area contributed by atoms with Gasteiger partial charge in [-0.15, -0.1) is 6.42 Å². The molecule has 0 atom stereocenters. The Morgan fingerprint density at radius 3 is 2.80 bits per heavy atom. The Hall–Kier alpha value is -3.27. The van der Waals surface area contributed by atoms with Gasteiger partial charge in [0.1, 0.15) is 5.76 Å². The van der Waals surface area contributed by atoms with Crippen LogP contribution in [0.1, 0.15) is 22.7 Å². The van der Waals surface area contributed by atoms with Crippen molar-refractivity contribution in [3.05, 3.63) is 40.9 Å². The van der Waals surface area contributed by atoms with Gasteiger partial charge in [-0.3, -0.25) is 9.36 Å². The molecule has 0 fully saturated rings. The van der Waals surface area contributed by atoms with Crippen LogP contribution in [0.25, 0.3) is 11.9 Å². The fraction of sp³-hybridized carbons (Fsp3) is 0.278. The molecule has 7 heteroatoms. The highest BCUT2D eigenvalue weighted by Gasteiger charge is 2.12. The van der Waals surface area contributed by atoms with Gasteiger partial charge in [-0.25, -0.2) is 4.79 Å². The average Bonchev–Trinajstić information content (AvgIpc) is 3.11. The molecular weight excluding hydrogens is 322 g/mol. The van der Waals surface area contributed by atoms with E-state index in [1.807, 2.05) is 37.5 Å². The number of terminal acetylenes is 1. The Labute approximate surface area is 145 Å². The summed E-state index contributed by atoms with van der Waals surface area (Å²) in [5.41, 5.74) is 2.70. The van der Waals surface area contributed by atoms with Crippen molar-refractivity contribution in [1.29, 1.82) is 0 Å². The van der Waals surface area contributed by atoms with E-state index in [1.165, 1.54) is 6.08 Å². The maximum Gasteiger partial charge on any atom is 0.331 e. The molecule has 1 amide bonds. The van der Waals surface area contributed by atoms with Crippen molar-refractivity contribution in [2.45, 2.75) is 20.8 Å². The Kier molecular flexibility index (Phi) is 5.79. The molecule has 0 saturated carbocycles. The van der Waals surface area contributed by atoms with Gasteiger partial charge in [0.05, 0.1) is 6.54 Å². The molecule has 2 heterocycles.